The van der Waals surface area contributed by atoms with Gasteiger partial charge in [-0.2, -0.15) is 11.8 Å². The number of rotatable bonds is 5. The topological polar surface area (TPSA) is 29.3 Å². The summed E-state index contributed by atoms with van der Waals surface area (Å²) in [5, 5.41) is 0. The molecule has 3 heteroatoms. The van der Waals surface area contributed by atoms with E-state index in [0.717, 1.165) is 12.3 Å². The van der Waals surface area contributed by atoms with Crippen LogP contribution in [0.3, 0.4) is 0 Å². The van der Waals surface area contributed by atoms with Crippen LogP contribution in [0.1, 0.15) is 18.5 Å². The monoisotopic (exact) mass is 224 g/mol. The first-order valence-corrected chi connectivity index (χ1v) is 6.60. The Kier molecular flexibility index (Phi) is 4.99. The third kappa shape index (κ3) is 3.76. The predicted molar refractivity (Wildman–Crippen MR) is 70.7 cm³/mol. The highest BCUT2D eigenvalue weighted by Gasteiger charge is 2.02. The van der Waals surface area contributed by atoms with E-state index in [4.69, 9.17) is 5.73 Å². The molecule has 1 aromatic rings. The summed E-state index contributed by atoms with van der Waals surface area (Å²) in [6.45, 7) is 3.09. The van der Waals surface area contributed by atoms with Gasteiger partial charge in [-0.15, -0.1) is 0 Å². The van der Waals surface area contributed by atoms with E-state index < -0.39 is 0 Å². The summed E-state index contributed by atoms with van der Waals surface area (Å²) < 4.78 is 0. The van der Waals surface area contributed by atoms with E-state index in [1.165, 1.54) is 11.3 Å². The first-order chi connectivity index (χ1) is 7.15. The molecule has 2 nitrogen and oxygen atoms in total. The Morgan fingerprint density at radius 3 is 2.40 bits per heavy atom. The molecule has 0 aliphatic rings. The maximum Gasteiger partial charge on any atom is 0.0364 e. The quantitative estimate of drug-likeness (QED) is 0.833. The first-order valence-electron chi connectivity index (χ1n) is 5.20. The summed E-state index contributed by atoms with van der Waals surface area (Å²) in [6.07, 6.45) is 2.13. The van der Waals surface area contributed by atoms with Crippen molar-refractivity contribution in [2.45, 2.75) is 13.0 Å². The van der Waals surface area contributed by atoms with Crippen molar-refractivity contribution >= 4 is 17.4 Å². The van der Waals surface area contributed by atoms with Gasteiger partial charge in [-0.3, -0.25) is 0 Å². The average molecular weight is 224 g/mol. The molecule has 0 saturated heterocycles. The molecule has 0 fully saturated rings. The van der Waals surface area contributed by atoms with Crippen molar-refractivity contribution in [1.29, 1.82) is 0 Å². The van der Waals surface area contributed by atoms with Gasteiger partial charge in [0.05, 0.1) is 0 Å². The SMILES string of the molecule is CSCCN(C)c1ccc([C@H](C)N)cc1. The Balaban J connectivity index is 2.62. The second kappa shape index (κ2) is 6.03. The minimum absolute atomic E-state index is 0.121. The van der Waals surface area contributed by atoms with Gasteiger partial charge >= 0.3 is 0 Å². The lowest BCUT2D eigenvalue weighted by atomic mass is 10.1. The zero-order valence-electron chi connectivity index (χ0n) is 9.73. The summed E-state index contributed by atoms with van der Waals surface area (Å²) >= 11 is 1.87. The van der Waals surface area contributed by atoms with Crippen LogP contribution in [0.15, 0.2) is 24.3 Å². The van der Waals surface area contributed by atoms with Gasteiger partial charge in [-0.05, 0) is 30.9 Å². The van der Waals surface area contributed by atoms with E-state index in [0.29, 0.717) is 0 Å². The van der Waals surface area contributed by atoms with Gasteiger partial charge in [-0.1, -0.05) is 12.1 Å². The van der Waals surface area contributed by atoms with E-state index in [2.05, 4.69) is 42.5 Å². The summed E-state index contributed by atoms with van der Waals surface area (Å²) in [4.78, 5) is 2.27. The van der Waals surface area contributed by atoms with Crippen molar-refractivity contribution in [3.63, 3.8) is 0 Å². The number of hydrogen-bond acceptors (Lipinski definition) is 3. The molecule has 0 heterocycles. The highest BCUT2D eigenvalue weighted by atomic mass is 32.2. The average Bonchev–Trinajstić information content (AvgIpc) is 2.26. The van der Waals surface area contributed by atoms with E-state index in [1.54, 1.807) is 0 Å². The maximum atomic E-state index is 5.80. The molecule has 0 amide bonds. The van der Waals surface area contributed by atoms with Crippen LogP contribution in [0.25, 0.3) is 0 Å². The lowest BCUT2D eigenvalue weighted by Gasteiger charge is -2.19. The normalized spacial score (nSPS) is 12.5. The summed E-state index contributed by atoms with van der Waals surface area (Å²) in [7, 11) is 2.12. The maximum absolute atomic E-state index is 5.80. The molecule has 0 bridgehead atoms. The number of nitrogens with zero attached hydrogens (tertiary/aromatic N) is 1. The summed E-state index contributed by atoms with van der Waals surface area (Å²) in [5.41, 5.74) is 8.25. The molecule has 1 rings (SSSR count). The smallest absolute Gasteiger partial charge is 0.0364 e. The molecule has 1 aromatic carbocycles. The van der Waals surface area contributed by atoms with Crippen LogP contribution >= 0.6 is 11.8 Å². The molecule has 0 aromatic heterocycles. The van der Waals surface area contributed by atoms with Gasteiger partial charge < -0.3 is 10.6 Å². The molecular formula is C12H20N2S. The minimum atomic E-state index is 0.121. The standard InChI is InChI=1S/C12H20N2S/c1-10(13)11-4-6-12(7-5-11)14(2)8-9-15-3/h4-7,10H,8-9,13H2,1-3H3/t10-/m0/s1. The fraction of sp³-hybridized carbons (Fsp3) is 0.500. The van der Waals surface area contributed by atoms with Crippen LogP contribution in [-0.4, -0.2) is 25.6 Å². The van der Waals surface area contributed by atoms with E-state index >= 15 is 0 Å². The number of hydrogen-bond donors (Lipinski definition) is 1. The third-order valence-corrected chi connectivity index (χ3v) is 3.08. The minimum Gasteiger partial charge on any atom is -0.374 e. The lowest BCUT2D eigenvalue weighted by molar-refractivity contribution is 0.817. The molecule has 0 aliphatic heterocycles. The number of benzene rings is 1. The molecule has 2 N–H and O–H groups in total. The Labute approximate surface area is 96.8 Å². The molecule has 84 valence electrons. The van der Waals surface area contributed by atoms with Crippen LogP contribution in [0.5, 0.6) is 0 Å². The molecule has 0 radical (unpaired) electrons. The van der Waals surface area contributed by atoms with Crippen LogP contribution in [0.2, 0.25) is 0 Å². The van der Waals surface area contributed by atoms with E-state index in [9.17, 15) is 0 Å². The van der Waals surface area contributed by atoms with Crippen molar-refractivity contribution in [1.82, 2.24) is 0 Å². The summed E-state index contributed by atoms with van der Waals surface area (Å²) in [6, 6.07) is 8.61. The first kappa shape index (κ1) is 12.4. The van der Waals surface area contributed by atoms with Crippen molar-refractivity contribution in [3.05, 3.63) is 29.8 Å². The van der Waals surface area contributed by atoms with Crippen molar-refractivity contribution in [2.24, 2.45) is 5.73 Å². The Hall–Kier alpha value is -0.670. The van der Waals surface area contributed by atoms with Crippen LogP contribution in [0, 0.1) is 0 Å². The van der Waals surface area contributed by atoms with Crippen LogP contribution in [-0.2, 0) is 0 Å². The number of thioether (sulfide) groups is 1. The van der Waals surface area contributed by atoms with Gasteiger partial charge in [0, 0.05) is 31.1 Å². The Bertz CT molecular complexity index is 282. The third-order valence-electron chi connectivity index (χ3n) is 2.49. The second-order valence-corrected chi connectivity index (χ2v) is 4.78. The van der Waals surface area contributed by atoms with E-state index in [1.807, 2.05) is 18.7 Å². The van der Waals surface area contributed by atoms with Gasteiger partial charge in [-0.25, -0.2) is 0 Å². The molecular weight excluding hydrogens is 204 g/mol. The summed E-state index contributed by atoms with van der Waals surface area (Å²) in [5.74, 6) is 1.16. The molecule has 0 unspecified atom stereocenters. The Morgan fingerprint density at radius 2 is 1.93 bits per heavy atom. The highest BCUT2D eigenvalue weighted by molar-refractivity contribution is 7.98. The molecule has 0 saturated carbocycles. The number of nitrogens with two attached hydrogens (primary N) is 1. The molecule has 1 atom stereocenters. The van der Waals surface area contributed by atoms with Gasteiger partial charge in [0.1, 0.15) is 0 Å². The van der Waals surface area contributed by atoms with Gasteiger partial charge in [0.2, 0.25) is 0 Å². The van der Waals surface area contributed by atoms with Crippen molar-refractivity contribution in [3.8, 4) is 0 Å². The zero-order chi connectivity index (χ0) is 11.3. The molecule has 0 aliphatic carbocycles. The fourth-order valence-electron chi connectivity index (χ4n) is 1.39. The van der Waals surface area contributed by atoms with Crippen molar-refractivity contribution < 1.29 is 0 Å². The van der Waals surface area contributed by atoms with Crippen molar-refractivity contribution in [2.75, 3.05) is 30.5 Å². The number of anilines is 1. The van der Waals surface area contributed by atoms with E-state index in [-0.39, 0.29) is 6.04 Å². The second-order valence-electron chi connectivity index (χ2n) is 3.79. The predicted octanol–water partition coefficient (Wildman–Crippen LogP) is 2.51. The van der Waals surface area contributed by atoms with Crippen LogP contribution in [0.4, 0.5) is 5.69 Å². The van der Waals surface area contributed by atoms with Crippen LogP contribution < -0.4 is 10.6 Å². The lowest BCUT2D eigenvalue weighted by Crippen LogP contribution is -2.20. The Morgan fingerprint density at radius 1 is 1.33 bits per heavy atom. The molecule has 0 spiro atoms. The highest BCUT2D eigenvalue weighted by Crippen LogP contribution is 2.17. The van der Waals surface area contributed by atoms with Gasteiger partial charge in [0.15, 0.2) is 0 Å². The largest absolute Gasteiger partial charge is 0.374 e. The zero-order valence-corrected chi connectivity index (χ0v) is 10.6. The molecule has 15 heavy (non-hydrogen) atoms. The van der Waals surface area contributed by atoms with Gasteiger partial charge in [0.25, 0.3) is 0 Å². The fourth-order valence-corrected chi connectivity index (χ4v) is 1.85.